The van der Waals surface area contributed by atoms with E-state index in [0.717, 1.165) is 27.1 Å². The van der Waals surface area contributed by atoms with Crippen molar-refractivity contribution in [2.45, 2.75) is 6.42 Å². The molecule has 0 N–H and O–H groups in total. The van der Waals surface area contributed by atoms with Gasteiger partial charge < -0.3 is 0 Å². The highest BCUT2D eigenvalue weighted by molar-refractivity contribution is 9.10. The van der Waals surface area contributed by atoms with Crippen LogP contribution in [0.25, 0.3) is 16.9 Å². The summed E-state index contributed by atoms with van der Waals surface area (Å²) in [5, 5.41) is 0.650. The first-order valence-electron chi connectivity index (χ1n) is 6.04. The number of imidazole rings is 1. The molecule has 2 heterocycles. The number of nitrogens with zero attached hydrogens (tertiary/aromatic N) is 3. The number of benzene rings is 1. The number of aryl methyl sites for hydroxylation is 1. The van der Waals surface area contributed by atoms with Gasteiger partial charge in [-0.05, 0) is 46.3 Å². The van der Waals surface area contributed by atoms with Gasteiger partial charge in [-0.3, -0.25) is 4.57 Å². The van der Waals surface area contributed by atoms with Crippen LogP contribution in [0.1, 0.15) is 5.82 Å². The van der Waals surface area contributed by atoms with Gasteiger partial charge >= 0.3 is 0 Å². The van der Waals surface area contributed by atoms with E-state index in [1.54, 1.807) is 6.20 Å². The smallest absolute Gasteiger partial charge is 0.164 e. The Morgan fingerprint density at radius 2 is 2.10 bits per heavy atom. The Morgan fingerprint density at radius 3 is 2.85 bits per heavy atom. The monoisotopic (exact) mass is 369 g/mol. The molecule has 2 aromatic heterocycles. The summed E-state index contributed by atoms with van der Waals surface area (Å²) in [6.07, 6.45) is 2.43. The van der Waals surface area contributed by atoms with E-state index in [9.17, 15) is 0 Å². The van der Waals surface area contributed by atoms with Crippen molar-refractivity contribution in [1.82, 2.24) is 14.5 Å². The number of fused-ring (bicyclic) bond motifs is 1. The lowest BCUT2D eigenvalue weighted by atomic mass is 10.3. The van der Waals surface area contributed by atoms with Gasteiger partial charge in [0.15, 0.2) is 5.65 Å². The summed E-state index contributed by atoms with van der Waals surface area (Å²) in [6, 6.07) is 9.59. The van der Waals surface area contributed by atoms with Gasteiger partial charge in [0, 0.05) is 23.0 Å². The van der Waals surface area contributed by atoms with Crippen LogP contribution in [-0.2, 0) is 6.42 Å². The second-order valence-electron chi connectivity index (χ2n) is 4.25. The number of alkyl halides is 1. The van der Waals surface area contributed by atoms with Crippen LogP contribution >= 0.6 is 39.1 Å². The van der Waals surface area contributed by atoms with E-state index in [1.807, 2.05) is 34.9 Å². The number of pyridine rings is 1. The fourth-order valence-electron chi connectivity index (χ4n) is 2.11. The third kappa shape index (κ3) is 2.43. The highest BCUT2D eigenvalue weighted by Gasteiger charge is 2.13. The van der Waals surface area contributed by atoms with E-state index >= 15 is 0 Å². The Kier molecular flexibility index (Phi) is 3.96. The minimum atomic E-state index is 0.508. The molecule has 0 spiro atoms. The average Bonchev–Trinajstić information content (AvgIpc) is 2.80. The zero-order chi connectivity index (χ0) is 14.1. The second kappa shape index (κ2) is 5.72. The van der Waals surface area contributed by atoms with Crippen LogP contribution in [0.3, 0.4) is 0 Å². The van der Waals surface area contributed by atoms with E-state index in [1.165, 1.54) is 0 Å². The lowest BCUT2D eigenvalue weighted by molar-refractivity contribution is 0.905. The van der Waals surface area contributed by atoms with Gasteiger partial charge in [0.1, 0.15) is 11.3 Å². The number of halogens is 3. The molecular formula is C14H10BrCl2N3. The second-order valence-corrected chi connectivity index (χ2v) is 5.89. The predicted molar refractivity (Wildman–Crippen MR) is 86.0 cm³/mol. The summed E-state index contributed by atoms with van der Waals surface area (Å²) in [4.78, 5) is 9.01. The van der Waals surface area contributed by atoms with Crippen LogP contribution < -0.4 is 0 Å². The molecule has 0 aliphatic heterocycles. The Labute approximate surface area is 134 Å². The SMILES string of the molecule is ClCCc1nc2cccnc2n1-c1ccc(Br)c(Cl)c1. The van der Waals surface area contributed by atoms with E-state index in [4.69, 9.17) is 23.2 Å². The maximum Gasteiger partial charge on any atom is 0.164 e. The molecule has 0 unspecified atom stereocenters. The molecule has 0 aliphatic rings. The molecule has 0 bridgehead atoms. The van der Waals surface area contributed by atoms with Gasteiger partial charge in [0.05, 0.1) is 10.7 Å². The van der Waals surface area contributed by atoms with Gasteiger partial charge in [-0.15, -0.1) is 11.6 Å². The Hall–Kier alpha value is -1.10. The number of hydrogen-bond acceptors (Lipinski definition) is 2. The number of aromatic nitrogens is 3. The fourth-order valence-corrected chi connectivity index (χ4v) is 2.70. The van der Waals surface area contributed by atoms with Crippen LogP contribution in [0.15, 0.2) is 41.0 Å². The van der Waals surface area contributed by atoms with Crippen LogP contribution in [0.5, 0.6) is 0 Å². The number of rotatable bonds is 3. The largest absolute Gasteiger partial charge is 0.281 e. The molecule has 6 heteroatoms. The normalized spacial score (nSPS) is 11.2. The average molecular weight is 371 g/mol. The van der Waals surface area contributed by atoms with Gasteiger partial charge in [0.25, 0.3) is 0 Å². The molecular weight excluding hydrogens is 361 g/mol. The molecule has 0 aliphatic carbocycles. The Morgan fingerprint density at radius 1 is 1.25 bits per heavy atom. The minimum Gasteiger partial charge on any atom is -0.281 e. The lowest BCUT2D eigenvalue weighted by Gasteiger charge is -2.09. The molecule has 0 amide bonds. The topological polar surface area (TPSA) is 30.7 Å². The first-order chi connectivity index (χ1) is 9.70. The maximum atomic E-state index is 6.18. The molecule has 3 aromatic rings. The van der Waals surface area contributed by atoms with Crippen molar-refractivity contribution in [3.05, 3.63) is 51.8 Å². The lowest BCUT2D eigenvalue weighted by Crippen LogP contribution is -2.03. The van der Waals surface area contributed by atoms with Crippen molar-refractivity contribution in [3.63, 3.8) is 0 Å². The van der Waals surface area contributed by atoms with Crippen molar-refractivity contribution in [3.8, 4) is 5.69 Å². The first kappa shape index (κ1) is 13.9. The molecule has 3 nitrogen and oxygen atoms in total. The van der Waals surface area contributed by atoms with Crippen LogP contribution in [0, 0.1) is 0 Å². The zero-order valence-electron chi connectivity index (χ0n) is 10.4. The number of hydrogen-bond donors (Lipinski definition) is 0. The molecule has 20 heavy (non-hydrogen) atoms. The highest BCUT2D eigenvalue weighted by Crippen LogP contribution is 2.27. The maximum absolute atomic E-state index is 6.18. The summed E-state index contributed by atoms with van der Waals surface area (Å²) in [6.45, 7) is 0. The summed E-state index contributed by atoms with van der Waals surface area (Å²) in [7, 11) is 0. The van der Waals surface area contributed by atoms with Crippen LogP contribution in [0.2, 0.25) is 5.02 Å². The van der Waals surface area contributed by atoms with Gasteiger partial charge in [-0.2, -0.15) is 0 Å². The van der Waals surface area contributed by atoms with E-state index in [2.05, 4.69) is 25.9 Å². The minimum absolute atomic E-state index is 0.508. The summed E-state index contributed by atoms with van der Waals surface area (Å²) in [5.74, 6) is 1.39. The standard InChI is InChI=1S/C14H10BrCl2N3/c15-10-4-3-9(8-11(10)17)20-13(5-6-16)19-12-2-1-7-18-14(12)20/h1-4,7-8H,5-6H2. The summed E-state index contributed by atoms with van der Waals surface area (Å²) < 4.78 is 2.86. The fraction of sp³-hybridized carbons (Fsp3) is 0.143. The van der Waals surface area contributed by atoms with Crippen molar-refractivity contribution in [2.24, 2.45) is 0 Å². The van der Waals surface area contributed by atoms with Crippen LogP contribution in [-0.4, -0.2) is 20.4 Å². The quantitative estimate of drug-likeness (QED) is 0.630. The van der Waals surface area contributed by atoms with Crippen molar-refractivity contribution in [2.75, 3.05) is 5.88 Å². The Balaban J connectivity index is 2.26. The van der Waals surface area contributed by atoms with Crippen molar-refractivity contribution >= 4 is 50.3 Å². The highest BCUT2D eigenvalue weighted by atomic mass is 79.9. The molecule has 3 rings (SSSR count). The zero-order valence-corrected chi connectivity index (χ0v) is 13.5. The van der Waals surface area contributed by atoms with Gasteiger partial charge in [0.2, 0.25) is 0 Å². The van der Waals surface area contributed by atoms with Gasteiger partial charge in [-0.1, -0.05) is 11.6 Å². The summed E-state index contributed by atoms with van der Waals surface area (Å²) >= 11 is 15.5. The van der Waals surface area contributed by atoms with E-state index in [0.29, 0.717) is 17.3 Å². The molecule has 0 saturated carbocycles. The van der Waals surface area contributed by atoms with Crippen molar-refractivity contribution in [1.29, 1.82) is 0 Å². The van der Waals surface area contributed by atoms with Gasteiger partial charge in [-0.25, -0.2) is 9.97 Å². The molecule has 0 atom stereocenters. The first-order valence-corrected chi connectivity index (χ1v) is 7.75. The van der Waals surface area contributed by atoms with E-state index < -0.39 is 0 Å². The molecule has 0 fully saturated rings. The van der Waals surface area contributed by atoms with Crippen molar-refractivity contribution < 1.29 is 0 Å². The Bertz CT molecular complexity index is 770. The van der Waals surface area contributed by atoms with Crippen LogP contribution in [0.4, 0.5) is 0 Å². The molecule has 0 radical (unpaired) electrons. The molecule has 102 valence electrons. The molecule has 1 aromatic carbocycles. The molecule has 0 saturated heterocycles. The van der Waals surface area contributed by atoms with E-state index in [-0.39, 0.29) is 0 Å². The third-order valence-electron chi connectivity index (χ3n) is 2.96. The third-order valence-corrected chi connectivity index (χ3v) is 4.39. The summed E-state index contributed by atoms with van der Waals surface area (Å²) in [5.41, 5.74) is 2.59. The predicted octanol–water partition coefficient (Wildman–Crippen LogP) is 4.62.